The molecule has 1 aliphatic rings. The van der Waals surface area contributed by atoms with Crippen molar-refractivity contribution in [3.8, 4) is 0 Å². The van der Waals surface area contributed by atoms with E-state index < -0.39 is 0 Å². The summed E-state index contributed by atoms with van der Waals surface area (Å²) in [5.41, 5.74) is 6.23. The van der Waals surface area contributed by atoms with Crippen LogP contribution in [0, 0.1) is 0 Å². The van der Waals surface area contributed by atoms with Gasteiger partial charge in [-0.2, -0.15) is 0 Å². The van der Waals surface area contributed by atoms with Crippen LogP contribution >= 0.6 is 0 Å². The van der Waals surface area contributed by atoms with Crippen LogP contribution in [0.2, 0.25) is 0 Å². The number of hydrogen-bond donors (Lipinski definition) is 0. The van der Waals surface area contributed by atoms with Gasteiger partial charge < -0.3 is 0 Å². The van der Waals surface area contributed by atoms with Gasteiger partial charge in [0.05, 0.1) is 0 Å². The highest BCUT2D eigenvalue weighted by molar-refractivity contribution is 5.80. The van der Waals surface area contributed by atoms with Gasteiger partial charge in [-0.05, 0) is 35.6 Å². The molecular formula is C20H28. The van der Waals surface area contributed by atoms with Gasteiger partial charge in [-0.15, -0.1) is 0 Å². The molecule has 0 heteroatoms. The molecule has 1 aliphatic carbocycles. The zero-order chi connectivity index (χ0) is 15.5. The lowest BCUT2D eigenvalue weighted by atomic mass is 9.95. The van der Waals surface area contributed by atoms with Crippen molar-refractivity contribution in [1.82, 2.24) is 0 Å². The van der Waals surface area contributed by atoms with Gasteiger partial charge in [0.1, 0.15) is 0 Å². The van der Waals surface area contributed by atoms with E-state index in [-0.39, 0.29) is 0 Å². The smallest absolute Gasteiger partial charge is 0.0109 e. The predicted molar refractivity (Wildman–Crippen MR) is 96.6 cm³/mol. The van der Waals surface area contributed by atoms with Crippen molar-refractivity contribution in [3.05, 3.63) is 59.2 Å². The quantitative estimate of drug-likeness (QED) is 0.550. The summed E-state index contributed by atoms with van der Waals surface area (Å²) in [6.45, 7) is 17.9. The Hall–Kier alpha value is -1.82. The third kappa shape index (κ3) is 4.38. The third-order valence-electron chi connectivity index (χ3n) is 2.90. The van der Waals surface area contributed by atoms with Crippen LogP contribution in [0.15, 0.2) is 36.9 Å². The molecule has 108 valence electrons. The standard InChI is InChI=1S/C16H16.2C2H6/c1-4-13-9-10-14-11-12(3)7-6-8-16(14)15(13)5-2;2*1-2/h4-6,8-11H,1-2,7H2,3H3;2*1-2H3. The third-order valence-corrected chi connectivity index (χ3v) is 2.90. The van der Waals surface area contributed by atoms with Crippen LogP contribution < -0.4 is 0 Å². The van der Waals surface area contributed by atoms with Crippen molar-refractivity contribution < 1.29 is 0 Å². The molecule has 0 radical (unpaired) electrons. The highest BCUT2D eigenvalue weighted by Crippen LogP contribution is 2.27. The Bertz CT molecular complexity index is 499. The summed E-state index contributed by atoms with van der Waals surface area (Å²) in [6, 6.07) is 4.25. The Morgan fingerprint density at radius 3 is 2.20 bits per heavy atom. The maximum Gasteiger partial charge on any atom is -0.0109 e. The minimum absolute atomic E-state index is 1.02. The van der Waals surface area contributed by atoms with Crippen LogP contribution in [0.4, 0.5) is 0 Å². The SMILES string of the molecule is C=Cc1ccc2c(c1C=C)C=CCC(C)=C2.CC.CC. The number of allylic oxidation sites excluding steroid dienone is 2. The molecule has 0 nitrogen and oxygen atoms in total. The Morgan fingerprint density at radius 1 is 1.00 bits per heavy atom. The molecule has 20 heavy (non-hydrogen) atoms. The van der Waals surface area contributed by atoms with E-state index in [1.807, 2.05) is 39.8 Å². The predicted octanol–water partition coefficient (Wildman–Crippen LogP) is 6.85. The summed E-state index contributed by atoms with van der Waals surface area (Å²) in [5.74, 6) is 0. The Kier molecular flexibility index (Phi) is 9.11. The summed E-state index contributed by atoms with van der Waals surface area (Å²) in [4.78, 5) is 0. The molecule has 1 aromatic rings. The summed E-state index contributed by atoms with van der Waals surface area (Å²) in [6.07, 6.45) is 11.5. The number of fused-ring (bicyclic) bond motifs is 1. The van der Waals surface area contributed by atoms with Gasteiger partial charge in [0, 0.05) is 0 Å². The minimum Gasteiger partial charge on any atom is -0.0984 e. The molecule has 2 rings (SSSR count). The van der Waals surface area contributed by atoms with E-state index in [0.29, 0.717) is 0 Å². The molecule has 0 aromatic heterocycles. The summed E-state index contributed by atoms with van der Waals surface area (Å²) in [5, 5.41) is 0. The zero-order valence-electron chi connectivity index (χ0n) is 13.7. The first kappa shape index (κ1) is 18.2. The molecule has 0 amide bonds. The lowest BCUT2D eigenvalue weighted by Crippen LogP contribution is -1.90. The molecular weight excluding hydrogens is 240 g/mol. The minimum atomic E-state index is 1.02. The van der Waals surface area contributed by atoms with Crippen molar-refractivity contribution in [2.24, 2.45) is 0 Å². The van der Waals surface area contributed by atoms with Gasteiger partial charge in [0.15, 0.2) is 0 Å². The van der Waals surface area contributed by atoms with Crippen molar-refractivity contribution in [3.63, 3.8) is 0 Å². The first-order valence-electron chi connectivity index (χ1n) is 7.52. The fraction of sp³-hybridized carbons (Fsp3) is 0.300. The molecule has 0 heterocycles. The van der Waals surface area contributed by atoms with Crippen LogP contribution in [0.5, 0.6) is 0 Å². The topological polar surface area (TPSA) is 0 Å². The molecule has 0 N–H and O–H groups in total. The number of benzene rings is 1. The van der Waals surface area contributed by atoms with E-state index in [1.165, 1.54) is 22.3 Å². The molecule has 0 unspecified atom stereocenters. The van der Waals surface area contributed by atoms with Gasteiger partial charge in [-0.1, -0.05) is 88.9 Å². The Balaban J connectivity index is 0.000000829. The molecule has 1 aromatic carbocycles. The van der Waals surface area contributed by atoms with Crippen LogP contribution in [0.25, 0.3) is 24.3 Å². The summed E-state index contributed by atoms with van der Waals surface area (Å²) >= 11 is 0. The van der Waals surface area contributed by atoms with Gasteiger partial charge in [-0.3, -0.25) is 0 Å². The molecule has 0 spiro atoms. The van der Waals surface area contributed by atoms with E-state index in [4.69, 9.17) is 0 Å². The highest BCUT2D eigenvalue weighted by Gasteiger charge is 2.07. The summed E-state index contributed by atoms with van der Waals surface area (Å²) < 4.78 is 0. The maximum absolute atomic E-state index is 3.89. The number of hydrogen-bond acceptors (Lipinski definition) is 0. The first-order valence-corrected chi connectivity index (χ1v) is 7.52. The monoisotopic (exact) mass is 268 g/mol. The molecule has 0 saturated carbocycles. The van der Waals surface area contributed by atoms with Gasteiger partial charge in [0.2, 0.25) is 0 Å². The normalized spacial score (nSPS) is 11.6. The van der Waals surface area contributed by atoms with Crippen molar-refractivity contribution in [2.75, 3.05) is 0 Å². The highest BCUT2D eigenvalue weighted by atomic mass is 14.1. The van der Waals surface area contributed by atoms with Crippen molar-refractivity contribution in [1.29, 1.82) is 0 Å². The second-order valence-corrected chi connectivity index (χ2v) is 4.08. The molecule has 0 saturated heterocycles. The maximum atomic E-state index is 3.89. The first-order chi connectivity index (χ1) is 9.76. The average molecular weight is 268 g/mol. The van der Waals surface area contributed by atoms with Crippen molar-refractivity contribution >= 4 is 24.3 Å². The summed E-state index contributed by atoms with van der Waals surface area (Å²) in [7, 11) is 0. The second kappa shape index (κ2) is 10.0. The van der Waals surface area contributed by atoms with Gasteiger partial charge in [-0.25, -0.2) is 0 Å². The Labute approximate surface area is 125 Å². The van der Waals surface area contributed by atoms with Gasteiger partial charge >= 0.3 is 0 Å². The fourth-order valence-electron chi connectivity index (χ4n) is 2.07. The largest absolute Gasteiger partial charge is 0.0984 e. The lowest BCUT2D eigenvalue weighted by Gasteiger charge is -2.09. The van der Waals surface area contributed by atoms with Crippen molar-refractivity contribution in [2.45, 2.75) is 41.0 Å². The van der Waals surface area contributed by atoms with Crippen LogP contribution in [-0.4, -0.2) is 0 Å². The molecule has 0 aliphatic heterocycles. The fourth-order valence-corrected chi connectivity index (χ4v) is 2.07. The molecule has 0 atom stereocenters. The van der Waals surface area contributed by atoms with E-state index >= 15 is 0 Å². The average Bonchev–Trinajstić information content (AvgIpc) is 2.70. The van der Waals surface area contributed by atoms with Crippen LogP contribution in [0.1, 0.15) is 63.3 Å². The number of rotatable bonds is 2. The van der Waals surface area contributed by atoms with Gasteiger partial charge in [0.25, 0.3) is 0 Å². The van der Waals surface area contributed by atoms with E-state index in [0.717, 1.165) is 12.0 Å². The Morgan fingerprint density at radius 2 is 1.65 bits per heavy atom. The zero-order valence-corrected chi connectivity index (χ0v) is 13.7. The second-order valence-electron chi connectivity index (χ2n) is 4.08. The van der Waals surface area contributed by atoms with E-state index in [9.17, 15) is 0 Å². The lowest BCUT2D eigenvalue weighted by molar-refractivity contribution is 1.25. The van der Waals surface area contributed by atoms with Crippen LogP contribution in [0.3, 0.4) is 0 Å². The molecule has 0 bridgehead atoms. The van der Waals surface area contributed by atoms with Crippen LogP contribution in [-0.2, 0) is 0 Å². The molecule has 0 fully saturated rings. The van der Waals surface area contributed by atoms with E-state index in [1.54, 1.807) is 0 Å². The van der Waals surface area contributed by atoms with E-state index in [2.05, 4.69) is 50.4 Å².